The molecule has 2 rings (SSSR count). The molecule has 2 heterocycles. The van der Waals surface area contributed by atoms with Gasteiger partial charge in [-0.05, 0) is 12.8 Å². The fourth-order valence-electron chi connectivity index (χ4n) is 2.48. The van der Waals surface area contributed by atoms with Gasteiger partial charge in [-0.15, -0.1) is 30.6 Å². The van der Waals surface area contributed by atoms with Crippen molar-refractivity contribution in [1.29, 1.82) is 0 Å². The predicted octanol–water partition coefficient (Wildman–Crippen LogP) is 1.25. The number of ether oxygens (including phenoxy) is 2. The smallest absolute Gasteiger partial charge is 0.194 e. The van der Waals surface area contributed by atoms with E-state index < -0.39 is 0 Å². The maximum absolute atomic E-state index is 5.82. The molecule has 110 valence electrons. The summed E-state index contributed by atoms with van der Waals surface area (Å²) in [5.41, 5.74) is 0. The predicted molar refractivity (Wildman–Crippen MR) is 87.3 cm³/mol. The van der Waals surface area contributed by atoms with Crippen LogP contribution in [0.5, 0.6) is 0 Å². The van der Waals surface area contributed by atoms with Gasteiger partial charge < -0.3 is 19.7 Å². The number of morpholine rings is 1. The molecule has 0 amide bonds. The van der Waals surface area contributed by atoms with Gasteiger partial charge in [0, 0.05) is 33.3 Å². The number of guanidine groups is 1. The maximum Gasteiger partial charge on any atom is 0.194 e. The minimum Gasteiger partial charge on any atom is -0.375 e. The van der Waals surface area contributed by atoms with Crippen molar-refractivity contribution in [1.82, 2.24) is 10.2 Å². The van der Waals surface area contributed by atoms with Crippen LogP contribution >= 0.6 is 24.0 Å². The SMILES string of the molecule is C=CCNC(=NC)N1CCOC(C2CCCO2)C1.I. The largest absolute Gasteiger partial charge is 0.375 e. The number of nitrogens with one attached hydrogen (secondary N) is 1. The second-order valence-electron chi connectivity index (χ2n) is 4.62. The third-order valence-corrected chi connectivity index (χ3v) is 3.39. The zero-order chi connectivity index (χ0) is 12.8. The van der Waals surface area contributed by atoms with Gasteiger partial charge in [0.25, 0.3) is 0 Å². The minimum atomic E-state index is 0. The highest BCUT2D eigenvalue weighted by atomic mass is 127. The molecule has 0 radical (unpaired) electrons. The van der Waals surface area contributed by atoms with Crippen molar-refractivity contribution in [3.8, 4) is 0 Å². The molecule has 2 aliphatic heterocycles. The molecule has 5 nitrogen and oxygen atoms in total. The standard InChI is InChI=1S/C13H23N3O2.HI/c1-3-6-15-13(14-2)16-7-9-18-12(10-16)11-5-4-8-17-11;/h3,11-12H,1,4-10H2,2H3,(H,14,15);1H. The Morgan fingerprint density at radius 3 is 2.84 bits per heavy atom. The van der Waals surface area contributed by atoms with Crippen molar-refractivity contribution in [2.75, 3.05) is 39.9 Å². The fourth-order valence-corrected chi connectivity index (χ4v) is 2.48. The molecule has 0 aliphatic carbocycles. The first-order chi connectivity index (χ1) is 8.85. The minimum absolute atomic E-state index is 0. The summed E-state index contributed by atoms with van der Waals surface area (Å²) in [6, 6.07) is 0. The Morgan fingerprint density at radius 1 is 1.42 bits per heavy atom. The molecule has 1 N–H and O–H groups in total. The van der Waals surface area contributed by atoms with Crippen LogP contribution in [0.25, 0.3) is 0 Å². The van der Waals surface area contributed by atoms with E-state index in [-0.39, 0.29) is 36.2 Å². The summed E-state index contributed by atoms with van der Waals surface area (Å²) in [7, 11) is 1.81. The van der Waals surface area contributed by atoms with Crippen LogP contribution in [-0.2, 0) is 9.47 Å². The molecule has 0 aromatic heterocycles. The molecule has 2 aliphatic rings. The Labute approximate surface area is 132 Å². The van der Waals surface area contributed by atoms with E-state index in [0.717, 1.165) is 51.6 Å². The van der Waals surface area contributed by atoms with Crippen LogP contribution in [0.3, 0.4) is 0 Å². The van der Waals surface area contributed by atoms with Crippen molar-refractivity contribution < 1.29 is 9.47 Å². The van der Waals surface area contributed by atoms with E-state index in [4.69, 9.17) is 9.47 Å². The van der Waals surface area contributed by atoms with Crippen LogP contribution < -0.4 is 5.32 Å². The zero-order valence-electron chi connectivity index (χ0n) is 11.5. The number of aliphatic imine (C=N–C) groups is 1. The number of hydrogen-bond donors (Lipinski definition) is 1. The third kappa shape index (κ3) is 4.61. The van der Waals surface area contributed by atoms with E-state index in [1.165, 1.54) is 0 Å². The molecule has 0 aromatic carbocycles. The molecule has 6 heteroatoms. The molecule has 0 aromatic rings. The highest BCUT2D eigenvalue weighted by Gasteiger charge is 2.32. The molecular weight excluding hydrogens is 357 g/mol. The van der Waals surface area contributed by atoms with E-state index >= 15 is 0 Å². The second-order valence-corrected chi connectivity index (χ2v) is 4.62. The van der Waals surface area contributed by atoms with Crippen molar-refractivity contribution >= 4 is 29.9 Å². The summed E-state index contributed by atoms with van der Waals surface area (Å²) in [5.74, 6) is 0.918. The zero-order valence-corrected chi connectivity index (χ0v) is 13.8. The van der Waals surface area contributed by atoms with Crippen LogP contribution in [0.4, 0.5) is 0 Å². The molecule has 0 spiro atoms. The van der Waals surface area contributed by atoms with E-state index in [9.17, 15) is 0 Å². The van der Waals surface area contributed by atoms with Gasteiger partial charge >= 0.3 is 0 Å². The van der Waals surface area contributed by atoms with Crippen LogP contribution in [-0.4, -0.2) is 63.0 Å². The van der Waals surface area contributed by atoms with Crippen LogP contribution in [0.15, 0.2) is 17.6 Å². The van der Waals surface area contributed by atoms with Crippen molar-refractivity contribution in [3.63, 3.8) is 0 Å². The number of hydrogen-bond acceptors (Lipinski definition) is 3. The fraction of sp³-hybridized carbons (Fsp3) is 0.769. The van der Waals surface area contributed by atoms with E-state index in [1.807, 2.05) is 13.1 Å². The molecule has 2 saturated heterocycles. The van der Waals surface area contributed by atoms with Crippen molar-refractivity contribution in [3.05, 3.63) is 12.7 Å². The Kier molecular flexibility index (Phi) is 7.70. The van der Waals surface area contributed by atoms with Crippen LogP contribution in [0.2, 0.25) is 0 Å². The van der Waals surface area contributed by atoms with E-state index in [1.54, 1.807) is 0 Å². The van der Waals surface area contributed by atoms with Gasteiger partial charge in [0.1, 0.15) is 6.10 Å². The molecular formula is C13H24IN3O2. The molecule has 0 saturated carbocycles. The van der Waals surface area contributed by atoms with Crippen LogP contribution in [0, 0.1) is 0 Å². The number of halogens is 1. The first kappa shape index (κ1) is 16.7. The van der Waals surface area contributed by atoms with E-state index in [2.05, 4.69) is 21.8 Å². The Bertz CT molecular complexity index is 306. The average Bonchev–Trinajstić information content (AvgIpc) is 2.94. The lowest BCUT2D eigenvalue weighted by molar-refractivity contribution is -0.0816. The normalized spacial score (nSPS) is 27.8. The first-order valence-electron chi connectivity index (χ1n) is 6.65. The second kappa shape index (κ2) is 8.76. The summed E-state index contributed by atoms with van der Waals surface area (Å²) in [6.45, 7) is 7.77. The molecule has 2 fully saturated rings. The maximum atomic E-state index is 5.82. The number of rotatable bonds is 3. The topological polar surface area (TPSA) is 46.1 Å². The first-order valence-corrected chi connectivity index (χ1v) is 6.65. The van der Waals surface area contributed by atoms with Gasteiger partial charge in [0.2, 0.25) is 0 Å². The molecule has 0 bridgehead atoms. The number of nitrogens with zero attached hydrogens (tertiary/aromatic N) is 2. The lowest BCUT2D eigenvalue weighted by Crippen LogP contribution is -2.53. The highest BCUT2D eigenvalue weighted by Crippen LogP contribution is 2.20. The lowest BCUT2D eigenvalue weighted by Gasteiger charge is -2.37. The Morgan fingerprint density at radius 2 is 2.21 bits per heavy atom. The summed E-state index contributed by atoms with van der Waals surface area (Å²) >= 11 is 0. The monoisotopic (exact) mass is 381 g/mol. The molecule has 2 atom stereocenters. The summed E-state index contributed by atoms with van der Waals surface area (Å²) in [6.07, 6.45) is 4.52. The highest BCUT2D eigenvalue weighted by molar-refractivity contribution is 14.0. The third-order valence-electron chi connectivity index (χ3n) is 3.39. The van der Waals surface area contributed by atoms with Crippen molar-refractivity contribution in [2.45, 2.75) is 25.0 Å². The summed E-state index contributed by atoms with van der Waals surface area (Å²) < 4.78 is 11.5. The van der Waals surface area contributed by atoms with Gasteiger partial charge in [-0.1, -0.05) is 6.08 Å². The Balaban J connectivity index is 0.00000180. The summed E-state index contributed by atoms with van der Waals surface area (Å²) in [5, 5.41) is 3.26. The van der Waals surface area contributed by atoms with Gasteiger partial charge in [0.05, 0.1) is 12.7 Å². The Hall–Kier alpha value is -0.340. The van der Waals surface area contributed by atoms with Gasteiger partial charge in [-0.25, -0.2) is 0 Å². The van der Waals surface area contributed by atoms with Gasteiger partial charge in [-0.3, -0.25) is 4.99 Å². The molecule has 2 unspecified atom stereocenters. The van der Waals surface area contributed by atoms with Crippen LogP contribution in [0.1, 0.15) is 12.8 Å². The van der Waals surface area contributed by atoms with Gasteiger partial charge in [0.15, 0.2) is 5.96 Å². The van der Waals surface area contributed by atoms with Gasteiger partial charge in [-0.2, -0.15) is 0 Å². The quantitative estimate of drug-likeness (QED) is 0.346. The summed E-state index contributed by atoms with van der Waals surface area (Å²) in [4.78, 5) is 6.53. The average molecular weight is 381 g/mol. The lowest BCUT2D eigenvalue weighted by atomic mass is 10.1. The molecule has 19 heavy (non-hydrogen) atoms. The van der Waals surface area contributed by atoms with E-state index in [0.29, 0.717) is 0 Å². The van der Waals surface area contributed by atoms with Crippen molar-refractivity contribution in [2.24, 2.45) is 4.99 Å².